The maximum atomic E-state index is 13.9. The Balaban J connectivity index is 1.55. The van der Waals surface area contributed by atoms with Gasteiger partial charge < -0.3 is 18.9 Å². The molecule has 3 atom stereocenters. The second kappa shape index (κ2) is 11.0. The quantitative estimate of drug-likeness (QED) is 0.434. The second-order valence-electron chi connectivity index (χ2n) is 10.3. The summed E-state index contributed by atoms with van der Waals surface area (Å²) in [5.74, 6) is 0.364. The van der Waals surface area contributed by atoms with Gasteiger partial charge >= 0.3 is 5.97 Å². The number of carbonyl (C=O) groups excluding carboxylic acids is 2. The molecule has 200 valence electrons. The van der Waals surface area contributed by atoms with Gasteiger partial charge in [-0.2, -0.15) is 0 Å². The van der Waals surface area contributed by atoms with Gasteiger partial charge in [-0.25, -0.2) is 0 Å². The van der Waals surface area contributed by atoms with Crippen LogP contribution in [0.5, 0.6) is 17.2 Å². The van der Waals surface area contributed by atoms with Crippen molar-refractivity contribution in [1.82, 2.24) is 0 Å². The summed E-state index contributed by atoms with van der Waals surface area (Å²) in [6, 6.07) is 13.4. The molecule has 2 aliphatic carbocycles. The zero-order valence-corrected chi connectivity index (χ0v) is 22.5. The molecule has 5 rings (SSSR count). The molecule has 38 heavy (non-hydrogen) atoms. The van der Waals surface area contributed by atoms with E-state index in [0.717, 1.165) is 42.5 Å². The Labute approximate surface area is 223 Å². The summed E-state index contributed by atoms with van der Waals surface area (Å²) in [5.41, 5.74) is 3.81. The Morgan fingerprint density at radius 3 is 2.32 bits per heavy atom. The van der Waals surface area contributed by atoms with Crippen molar-refractivity contribution >= 4 is 17.5 Å². The predicted molar refractivity (Wildman–Crippen MR) is 144 cm³/mol. The van der Waals surface area contributed by atoms with E-state index in [2.05, 4.69) is 0 Å². The zero-order valence-electron chi connectivity index (χ0n) is 22.5. The van der Waals surface area contributed by atoms with Gasteiger partial charge in [-0.3, -0.25) is 14.6 Å². The number of hydrogen-bond donors (Lipinski definition) is 0. The molecule has 1 aliphatic heterocycles. The molecule has 2 aromatic rings. The molecule has 0 N–H and O–H groups in total. The smallest absolute Gasteiger partial charge is 0.315 e. The molecular formula is C31H35NO6. The van der Waals surface area contributed by atoms with Crippen LogP contribution in [0.15, 0.2) is 58.7 Å². The number of carbonyl (C=O) groups is 2. The predicted octanol–water partition coefficient (Wildman–Crippen LogP) is 5.77. The highest BCUT2D eigenvalue weighted by Crippen LogP contribution is 2.49. The molecule has 0 bridgehead atoms. The van der Waals surface area contributed by atoms with Crippen LogP contribution in [0, 0.1) is 5.92 Å². The van der Waals surface area contributed by atoms with E-state index in [0.29, 0.717) is 41.4 Å². The van der Waals surface area contributed by atoms with Crippen molar-refractivity contribution in [2.75, 3.05) is 21.3 Å². The molecule has 7 nitrogen and oxygen atoms in total. The van der Waals surface area contributed by atoms with Gasteiger partial charge in [0.1, 0.15) is 17.8 Å². The van der Waals surface area contributed by atoms with Crippen molar-refractivity contribution in [1.29, 1.82) is 0 Å². The van der Waals surface area contributed by atoms with Crippen molar-refractivity contribution < 1.29 is 28.5 Å². The maximum absolute atomic E-state index is 13.9. The fourth-order valence-corrected chi connectivity index (χ4v) is 6.21. The summed E-state index contributed by atoms with van der Waals surface area (Å²) in [6.45, 7) is 1.87. The summed E-state index contributed by atoms with van der Waals surface area (Å²) >= 11 is 0. The Kier molecular flexibility index (Phi) is 7.54. The van der Waals surface area contributed by atoms with Crippen molar-refractivity contribution in [3.63, 3.8) is 0 Å². The first-order valence-electron chi connectivity index (χ1n) is 13.3. The van der Waals surface area contributed by atoms with Crippen LogP contribution in [0.1, 0.15) is 68.4 Å². The first-order valence-corrected chi connectivity index (χ1v) is 13.3. The number of allylic oxidation sites excluding steroid dienone is 2. The Morgan fingerprint density at radius 1 is 0.895 bits per heavy atom. The highest BCUT2D eigenvalue weighted by atomic mass is 16.5. The SMILES string of the molecule is COc1ccc([C@@H]2CC(=O)C3=C(C2)N=C(C)C(C(=O)OC2CCCC2)[C@@H]3c2ccccc2OC)cc1OC. The zero-order chi connectivity index (χ0) is 26.8. The maximum Gasteiger partial charge on any atom is 0.315 e. The fraction of sp³-hybridized carbons (Fsp3) is 0.452. The Morgan fingerprint density at radius 2 is 1.61 bits per heavy atom. The number of benzene rings is 2. The number of nitrogens with zero attached hydrogens (tertiary/aromatic N) is 1. The normalized spacial score (nSPS) is 23.5. The molecule has 2 aromatic carbocycles. The fourth-order valence-electron chi connectivity index (χ4n) is 6.21. The summed E-state index contributed by atoms with van der Waals surface area (Å²) < 4.78 is 22.6. The van der Waals surface area contributed by atoms with Crippen LogP contribution in [0.25, 0.3) is 0 Å². The lowest BCUT2D eigenvalue weighted by atomic mass is 9.69. The van der Waals surface area contributed by atoms with Crippen molar-refractivity contribution in [3.05, 3.63) is 64.9 Å². The van der Waals surface area contributed by atoms with E-state index in [1.807, 2.05) is 49.4 Å². The summed E-state index contributed by atoms with van der Waals surface area (Å²) in [5, 5.41) is 0. The summed E-state index contributed by atoms with van der Waals surface area (Å²) in [6.07, 6.45) is 4.74. The van der Waals surface area contributed by atoms with Gasteiger partial charge in [0.25, 0.3) is 0 Å². The highest BCUT2D eigenvalue weighted by Gasteiger charge is 2.46. The molecule has 1 saturated carbocycles. The average molecular weight is 518 g/mol. The van der Waals surface area contributed by atoms with Gasteiger partial charge in [0, 0.05) is 34.9 Å². The topological polar surface area (TPSA) is 83.4 Å². The molecule has 1 unspecified atom stereocenters. The first-order chi connectivity index (χ1) is 18.4. The molecule has 0 saturated heterocycles. The molecule has 0 spiro atoms. The third-order valence-electron chi connectivity index (χ3n) is 8.08. The first kappa shape index (κ1) is 26.0. The van der Waals surface area contributed by atoms with Gasteiger partial charge in [-0.05, 0) is 68.7 Å². The van der Waals surface area contributed by atoms with Crippen LogP contribution in [-0.2, 0) is 14.3 Å². The molecule has 1 fully saturated rings. The lowest BCUT2D eigenvalue weighted by Crippen LogP contribution is -2.39. The van der Waals surface area contributed by atoms with E-state index in [1.54, 1.807) is 21.3 Å². The number of hydrogen-bond acceptors (Lipinski definition) is 7. The number of aliphatic imine (C=N–C) groups is 1. The van der Waals surface area contributed by atoms with Crippen LogP contribution in [0.2, 0.25) is 0 Å². The number of ketones is 1. The second-order valence-corrected chi connectivity index (χ2v) is 10.3. The van der Waals surface area contributed by atoms with Gasteiger partial charge in [0.2, 0.25) is 0 Å². The lowest BCUT2D eigenvalue weighted by molar-refractivity contribution is -0.151. The summed E-state index contributed by atoms with van der Waals surface area (Å²) in [7, 11) is 4.82. The number of rotatable bonds is 7. The summed E-state index contributed by atoms with van der Waals surface area (Å²) in [4.78, 5) is 32.5. The third kappa shape index (κ3) is 4.82. The Hall–Kier alpha value is -3.61. The minimum absolute atomic E-state index is 0.00291. The number of Topliss-reactive ketones (excluding diaryl/α,β-unsaturated/α-hetero) is 1. The minimum Gasteiger partial charge on any atom is -0.496 e. The molecule has 3 aliphatic rings. The number of esters is 1. The standard InChI is InChI=1S/C31H35NO6/c1-18-28(31(34)38-21-9-5-6-10-21)29(22-11-7-8-12-25(22)35-2)30-23(32-18)15-20(16-24(30)33)19-13-14-26(36-3)27(17-19)37-4/h7-8,11-14,17,20-21,28-29H,5-6,9-10,15-16H2,1-4H3/t20-,28?,29-/m0/s1. The monoisotopic (exact) mass is 517 g/mol. The van der Waals surface area contributed by atoms with Crippen molar-refractivity contribution in [2.45, 2.75) is 63.4 Å². The molecule has 1 heterocycles. The van der Waals surface area contributed by atoms with E-state index >= 15 is 0 Å². The van der Waals surface area contributed by atoms with Gasteiger partial charge in [-0.1, -0.05) is 24.3 Å². The molecule has 0 radical (unpaired) electrons. The molecular weight excluding hydrogens is 482 g/mol. The van der Waals surface area contributed by atoms with E-state index in [-0.39, 0.29) is 23.8 Å². The highest BCUT2D eigenvalue weighted by molar-refractivity contribution is 6.09. The van der Waals surface area contributed by atoms with Crippen LogP contribution < -0.4 is 14.2 Å². The molecule has 7 heteroatoms. The minimum atomic E-state index is -0.674. The van der Waals surface area contributed by atoms with Crippen LogP contribution in [0.4, 0.5) is 0 Å². The molecule has 0 amide bonds. The molecule has 0 aromatic heterocycles. The van der Waals surface area contributed by atoms with Crippen LogP contribution >= 0.6 is 0 Å². The van der Waals surface area contributed by atoms with Crippen LogP contribution in [0.3, 0.4) is 0 Å². The van der Waals surface area contributed by atoms with Gasteiger partial charge in [0.15, 0.2) is 17.3 Å². The van der Waals surface area contributed by atoms with Gasteiger partial charge in [-0.15, -0.1) is 0 Å². The van der Waals surface area contributed by atoms with E-state index in [1.165, 1.54) is 0 Å². The van der Waals surface area contributed by atoms with Crippen molar-refractivity contribution in [2.24, 2.45) is 10.9 Å². The van der Waals surface area contributed by atoms with Crippen molar-refractivity contribution in [3.8, 4) is 17.2 Å². The average Bonchev–Trinajstić information content (AvgIpc) is 3.44. The third-order valence-corrected chi connectivity index (χ3v) is 8.08. The van der Waals surface area contributed by atoms with E-state index in [4.69, 9.17) is 23.9 Å². The van der Waals surface area contributed by atoms with E-state index < -0.39 is 11.8 Å². The number of ether oxygens (including phenoxy) is 4. The van der Waals surface area contributed by atoms with E-state index in [9.17, 15) is 9.59 Å². The number of para-hydroxylation sites is 1. The lowest BCUT2D eigenvalue weighted by Gasteiger charge is -2.37. The van der Waals surface area contributed by atoms with Gasteiger partial charge in [0.05, 0.1) is 21.3 Å². The Bertz CT molecular complexity index is 1290. The number of methoxy groups -OCH3 is 3. The largest absolute Gasteiger partial charge is 0.496 e. The van der Waals surface area contributed by atoms with Crippen LogP contribution in [-0.4, -0.2) is 44.9 Å².